The van der Waals surface area contributed by atoms with Gasteiger partial charge in [-0.05, 0) is 36.5 Å². The van der Waals surface area contributed by atoms with Gasteiger partial charge in [-0.1, -0.05) is 92.4 Å². The van der Waals surface area contributed by atoms with Crippen LogP contribution in [0.3, 0.4) is 0 Å². The maximum atomic E-state index is 12.0. The Morgan fingerprint density at radius 3 is 1.67 bits per heavy atom. The summed E-state index contributed by atoms with van der Waals surface area (Å²) < 4.78 is 35.0. The molecule has 0 heterocycles. The van der Waals surface area contributed by atoms with E-state index in [0.717, 1.165) is 24.2 Å². The maximum absolute atomic E-state index is 12.0. The van der Waals surface area contributed by atoms with E-state index in [4.69, 9.17) is 14.6 Å². The molecule has 0 aromatic rings. The quantitative estimate of drug-likeness (QED) is 0.170. The molecule has 0 saturated heterocycles. The largest absolute Gasteiger partial charge is 0.396 e. The molecule has 0 saturated carbocycles. The summed E-state index contributed by atoms with van der Waals surface area (Å²) in [5.74, 6) is 3.08. The number of methoxy groups -OCH3 is 1. The summed E-state index contributed by atoms with van der Waals surface area (Å²) in [6.07, 6.45) is 12.9. The highest BCUT2D eigenvalue weighted by molar-refractivity contribution is 7.91. The van der Waals surface area contributed by atoms with Gasteiger partial charge >= 0.3 is 0 Å². The second-order valence-electron chi connectivity index (χ2n) is 10.9. The fraction of sp³-hybridized carbons (Fsp3) is 1.00. The van der Waals surface area contributed by atoms with E-state index < -0.39 is 15.9 Å². The molecule has 4 unspecified atom stereocenters. The molecule has 5 nitrogen and oxygen atoms in total. The normalized spacial score (nSPS) is 16.1. The molecular weight excluding hydrogens is 436 g/mol. The van der Waals surface area contributed by atoms with Crippen molar-refractivity contribution in [2.75, 3.05) is 38.4 Å². The molecule has 6 heteroatoms. The van der Waals surface area contributed by atoms with E-state index in [2.05, 4.69) is 34.6 Å². The van der Waals surface area contributed by atoms with Gasteiger partial charge in [-0.2, -0.15) is 0 Å². The molecule has 0 aromatic heterocycles. The molecule has 200 valence electrons. The van der Waals surface area contributed by atoms with Gasteiger partial charge in [-0.3, -0.25) is 0 Å². The van der Waals surface area contributed by atoms with Crippen LogP contribution in [0.15, 0.2) is 0 Å². The first-order valence-corrected chi connectivity index (χ1v) is 15.3. The average molecular weight is 493 g/mol. The lowest BCUT2D eigenvalue weighted by Crippen LogP contribution is -2.29. The molecule has 1 N–H and O–H groups in total. The molecule has 0 bridgehead atoms. The highest BCUT2D eigenvalue weighted by Gasteiger charge is 2.19. The molecule has 0 aliphatic carbocycles. The minimum atomic E-state index is -3.21. The summed E-state index contributed by atoms with van der Waals surface area (Å²) >= 11 is 0. The molecule has 0 spiro atoms. The standard InChI is InChI=1S/C27H56O5S/c1-23(2)11-7-12-24(3)13-8-14-25(4)15-9-16-26(5)17-19-32-21-27(31-6)22-33(29,30)20-10-18-28/h23-28H,7-22H2,1-6H3. The zero-order chi connectivity index (χ0) is 25.1. The number of hydrogen-bond acceptors (Lipinski definition) is 5. The van der Waals surface area contributed by atoms with E-state index >= 15 is 0 Å². The first-order chi connectivity index (χ1) is 15.6. The molecule has 0 aliphatic heterocycles. The molecular formula is C27H56O5S. The summed E-state index contributed by atoms with van der Waals surface area (Å²) in [6, 6.07) is 0. The topological polar surface area (TPSA) is 72.8 Å². The second-order valence-corrected chi connectivity index (χ2v) is 13.1. The third-order valence-electron chi connectivity index (χ3n) is 6.71. The summed E-state index contributed by atoms with van der Waals surface area (Å²) in [5.41, 5.74) is 0. The summed E-state index contributed by atoms with van der Waals surface area (Å²) in [4.78, 5) is 0. The fourth-order valence-electron chi connectivity index (χ4n) is 4.27. The van der Waals surface area contributed by atoms with Crippen molar-refractivity contribution in [1.82, 2.24) is 0 Å². The summed E-state index contributed by atoms with van der Waals surface area (Å²) in [7, 11) is -1.69. The number of rotatable bonds is 23. The minimum absolute atomic E-state index is 0.00383. The molecule has 0 aliphatic rings. The van der Waals surface area contributed by atoms with Crippen molar-refractivity contribution in [3.8, 4) is 0 Å². The zero-order valence-corrected chi connectivity index (χ0v) is 23.5. The van der Waals surface area contributed by atoms with E-state index in [1.807, 2.05) is 0 Å². The predicted molar refractivity (Wildman–Crippen MR) is 140 cm³/mol. The van der Waals surface area contributed by atoms with Gasteiger partial charge in [0, 0.05) is 20.3 Å². The number of aliphatic hydroxyl groups is 1. The van der Waals surface area contributed by atoms with Gasteiger partial charge in [0.1, 0.15) is 0 Å². The Balaban J connectivity index is 3.80. The van der Waals surface area contributed by atoms with Crippen LogP contribution in [0.2, 0.25) is 0 Å². The van der Waals surface area contributed by atoms with Crippen molar-refractivity contribution in [2.24, 2.45) is 23.7 Å². The monoisotopic (exact) mass is 492 g/mol. The van der Waals surface area contributed by atoms with Crippen molar-refractivity contribution in [2.45, 2.75) is 111 Å². The second kappa shape index (κ2) is 20.1. The van der Waals surface area contributed by atoms with E-state index in [1.165, 1.54) is 64.9 Å². The van der Waals surface area contributed by atoms with Crippen molar-refractivity contribution in [3.05, 3.63) is 0 Å². The van der Waals surface area contributed by atoms with Crippen LogP contribution < -0.4 is 0 Å². The van der Waals surface area contributed by atoms with Crippen LogP contribution >= 0.6 is 0 Å². The summed E-state index contributed by atoms with van der Waals surface area (Å²) in [6.45, 7) is 12.6. The number of ether oxygens (including phenoxy) is 2. The smallest absolute Gasteiger partial charge is 0.153 e. The Hall–Kier alpha value is -0.170. The van der Waals surface area contributed by atoms with Crippen molar-refractivity contribution in [3.63, 3.8) is 0 Å². The van der Waals surface area contributed by atoms with Crippen molar-refractivity contribution in [1.29, 1.82) is 0 Å². The van der Waals surface area contributed by atoms with Gasteiger partial charge < -0.3 is 14.6 Å². The number of sulfone groups is 1. The first-order valence-electron chi connectivity index (χ1n) is 13.5. The van der Waals surface area contributed by atoms with E-state index in [9.17, 15) is 8.42 Å². The third-order valence-corrected chi connectivity index (χ3v) is 8.50. The van der Waals surface area contributed by atoms with E-state index in [1.54, 1.807) is 0 Å². The van der Waals surface area contributed by atoms with Gasteiger partial charge in [0.05, 0.1) is 24.2 Å². The van der Waals surface area contributed by atoms with Gasteiger partial charge in [-0.15, -0.1) is 0 Å². The van der Waals surface area contributed by atoms with Crippen LogP contribution in [0.4, 0.5) is 0 Å². The SMILES string of the molecule is COC(COCCC(C)CCCC(C)CCCC(C)CCCC(C)C)CS(=O)(=O)CCCO. The van der Waals surface area contributed by atoms with Crippen LogP contribution in [-0.4, -0.2) is 58.1 Å². The zero-order valence-electron chi connectivity index (χ0n) is 22.7. The molecule has 0 aromatic carbocycles. The Kier molecular flexibility index (Phi) is 20.0. The molecule has 0 radical (unpaired) electrons. The van der Waals surface area contributed by atoms with Crippen LogP contribution in [-0.2, 0) is 19.3 Å². The highest BCUT2D eigenvalue weighted by Crippen LogP contribution is 2.22. The molecule has 0 fully saturated rings. The predicted octanol–water partition coefficient (Wildman–Crippen LogP) is 6.28. The van der Waals surface area contributed by atoms with Crippen LogP contribution in [0.1, 0.15) is 105 Å². The highest BCUT2D eigenvalue weighted by atomic mass is 32.2. The Bertz CT molecular complexity index is 535. The van der Waals surface area contributed by atoms with Gasteiger partial charge in [0.2, 0.25) is 0 Å². The van der Waals surface area contributed by atoms with E-state index in [0.29, 0.717) is 19.1 Å². The Labute approximate surface area is 206 Å². The maximum Gasteiger partial charge on any atom is 0.153 e. The number of hydrogen-bond donors (Lipinski definition) is 1. The third kappa shape index (κ3) is 20.9. The molecule has 0 amide bonds. The summed E-state index contributed by atoms with van der Waals surface area (Å²) in [5, 5.41) is 8.82. The van der Waals surface area contributed by atoms with Gasteiger partial charge in [-0.25, -0.2) is 8.42 Å². The van der Waals surface area contributed by atoms with Crippen molar-refractivity contribution >= 4 is 9.84 Å². The van der Waals surface area contributed by atoms with Gasteiger partial charge in [0.15, 0.2) is 9.84 Å². The molecule has 0 rings (SSSR count). The van der Waals surface area contributed by atoms with E-state index in [-0.39, 0.29) is 24.5 Å². The fourth-order valence-corrected chi connectivity index (χ4v) is 5.81. The molecule has 4 atom stereocenters. The minimum Gasteiger partial charge on any atom is -0.396 e. The number of aliphatic hydroxyl groups excluding tert-OH is 1. The Morgan fingerprint density at radius 2 is 1.21 bits per heavy atom. The lowest BCUT2D eigenvalue weighted by molar-refractivity contribution is 0.0163. The van der Waals surface area contributed by atoms with Gasteiger partial charge in [0.25, 0.3) is 0 Å². The lowest BCUT2D eigenvalue weighted by atomic mass is 9.91. The first kappa shape index (κ1) is 32.8. The van der Waals surface area contributed by atoms with Crippen LogP contribution in [0, 0.1) is 23.7 Å². The Morgan fingerprint density at radius 1 is 0.727 bits per heavy atom. The lowest BCUT2D eigenvalue weighted by Gasteiger charge is -2.18. The van der Waals surface area contributed by atoms with Crippen molar-refractivity contribution < 1.29 is 23.0 Å². The van der Waals surface area contributed by atoms with Crippen LogP contribution in [0.25, 0.3) is 0 Å². The average Bonchev–Trinajstić information content (AvgIpc) is 2.74. The molecule has 33 heavy (non-hydrogen) atoms. The van der Waals surface area contributed by atoms with Crippen LogP contribution in [0.5, 0.6) is 0 Å².